The highest BCUT2D eigenvalue weighted by Gasteiger charge is 2.05. The summed E-state index contributed by atoms with van der Waals surface area (Å²) in [5, 5.41) is 10.7. The fraction of sp³-hybridized carbons (Fsp3) is 0.300. The van der Waals surface area contributed by atoms with E-state index in [9.17, 15) is 9.90 Å². The van der Waals surface area contributed by atoms with Crippen LogP contribution in [-0.2, 0) is 0 Å². The summed E-state index contributed by atoms with van der Waals surface area (Å²) in [7, 11) is 1.47. The van der Waals surface area contributed by atoms with Gasteiger partial charge in [0.25, 0.3) is 0 Å². The molecule has 0 aliphatic carbocycles. The van der Waals surface area contributed by atoms with E-state index in [1.54, 1.807) is 19.1 Å². The summed E-state index contributed by atoms with van der Waals surface area (Å²) in [4.78, 5) is 10.7. The predicted octanol–water partition coefficient (Wildman–Crippen LogP) is 0.457. The summed E-state index contributed by atoms with van der Waals surface area (Å²) in [6, 6.07) is 4.56. The Labute approximate surface area is 82.1 Å². The van der Waals surface area contributed by atoms with E-state index < -0.39 is 5.97 Å². The van der Waals surface area contributed by atoms with Crippen molar-refractivity contribution in [3.63, 3.8) is 0 Å². The van der Waals surface area contributed by atoms with Crippen LogP contribution in [0.4, 0.5) is 0 Å². The maximum Gasteiger partial charge on any atom is 0.128 e. The van der Waals surface area contributed by atoms with E-state index in [1.807, 2.05) is 0 Å². The lowest BCUT2D eigenvalue weighted by molar-refractivity contribution is -0.255. The molecule has 1 aromatic rings. The van der Waals surface area contributed by atoms with Crippen LogP contribution < -0.4 is 14.6 Å². The van der Waals surface area contributed by atoms with Crippen molar-refractivity contribution in [2.75, 3.05) is 13.7 Å². The minimum atomic E-state index is -1.27. The Kier molecular flexibility index (Phi) is 3.34. The van der Waals surface area contributed by atoms with Gasteiger partial charge >= 0.3 is 0 Å². The number of aromatic carboxylic acids is 1. The summed E-state index contributed by atoms with van der Waals surface area (Å²) in [6.07, 6.45) is 0. The average molecular weight is 195 g/mol. The third-order valence-corrected chi connectivity index (χ3v) is 1.71. The van der Waals surface area contributed by atoms with Crippen LogP contribution in [0.3, 0.4) is 0 Å². The molecule has 0 heterocycles. The summed E-state index contributed by atoms with van der Waals surface area (Å²) in [5.41, 5.74) is 0.00574. The zero-order valence-corrected chi connectivity index (χ0v) is 8.07. The Bertz CT molecular complexity index is 333. The second-order valence-electron chi connectivity index (χ2n) is 2.58. The zero-order valence-electron chi connectivity index (χ0n) is 8.07. The van der Waals surface area contributed by atoms with Gasteiger partial charge in [0.2, 0.25) is 0 Å². The molecule has 0 atom stereocenters. The van der Waals surface area contributed by atoms with Crippen molar-refractivity contribution in [1.29, 1.82) is 0 Å². The number of carbonyl (C=O) groups is 1. The van der Waals surface area contributed by atoms with Crippen molar-refractivity contribution in [3.05, 3.63) is 23.8 Å². The Morgan fingerprint density at radius 1 is 1.50 bits per heavy atom. The van der Waals surface area contributed by atoms with Crippen molar-refractivity contribution >= 4 is 5.97 Å². The van der Waals surface area contributed by atoms with Crippen LogP contribution in [0.5, 0.6) is 11.5 Å². The number of rotatable bonds is 4. The van der Waals surface area contributed by atoms with Crippen molar-refractivity contribution < 1.29 is 19.4 Å². The number of ether oxygens (including phenoxy) is 2. The van der Waals surface area contributed by atoms with Gasteiger partial charge in [0.1, 0.15) is 11.5 Å². The van der Waals surface area contributed by atoms with Crippen molar-refractivity contribution in [2.24, 2.45) is 0 Å². The molecular formula is C10H11O4-. The highest BCUT2D eigenvalue weighted by atomic mass is 16.5. The van der Waals surface area contributed by atoms with E-state index in [0.29, 0.717) is 18.1 Å². The molecule has 14 heavy (non-hydrogen) atoms. The van der Waals surface area contributed by atoms with Gasteiger partial charge in [-0.2, -0.15) is 0 Å². The van der Waals surface area contributed by atoms with Gasteiger partial charge in [0.15, 0.2) is 0 Å². The standard InChI is InChI=1S/C10H12O4/c1-3-14-9-5-4-7(13-2)6-8(9)10(11)12/h4-6H,3H2,1-2H3,(H,11,12)/p-1. The van der Waals surface area contributed by atoms with Gasteiger partial charge in [0, 0.05) is 5.56 Å². The van der Waals surface area contributed by atoms with Crippen molar-refractivity contribution in [1.82, 2.24) is 0 Å². The smallest absolute Gasteiger partial charge is 0.128 e. The maximum atomic E-state index is 10.7. The van der Waals surface area contributed by atoms with Crippen LogP contribution in [-0.4, -0.2) is 19.7 Å². The highest BCUT2D eigenvalue weighted by molar-refractivity contribution is 5.89. The monoisotopic (exact) mass is 195 g/mol. The lowest BCUT2D eigenvalue weighted by Crippen LogP contribution is -2.23. The van der Waals surface area contributed by atoms with Crippen LogP contribution in [0.15, 0.2) is 18.2 Å². The average Bonchev–Trinajstić information content (AvgIpc) is 2.18. The summed E-state index contributed by atoms with van der Waals surface area (Å²) >= 11 is 0. The second-order valence-corrected chi connectivity index (χ2v) is 2.58. The molecule has 0 bridgehead atoms. The normalized spacial score (nSPS) is 9.57. The molecule has 0 aliphatic heterocycles. The topological polar surface area (TPSA) is 58.6 Å². The number of hydrogen-bond acceptors (Lipinski definition) is 4. The van der Waals surface area contributed by atoms with Crippen LogP contribution in [0.2, 0.25) is 0 Å². The molecule has 0 N–H and O–H groups in total. The summed E-state index contributed by atoms with van der Waals surface area (Å²) < 4.78 is 10.0. The Hall–Kier alpha value is -1.71. The molecule has 0 radical (unpaired) electrons. The fourth-order valence-electron chi connectivity index (χ4n) is 1.08. The number of hydrogen-bond donors (Lipinski definition) is 0. The molecule has 1 aromatic carbocycles. The van der Waals surface area contributed by atoms with E-state index in [4.69, 9.17) is 9.47 Å². The highest BCUT2D eigenvalue weighted by Crippen LogP contribution is 2.23. The van der Waals surface area contributed by atoms with Gasteiger partial charge in [-0.25, -0.2) is 0 Å². The minimum absolute atomic E-state index is 0.00574. The Balaban J connectivity index is 3.10. The molecule has 0 spiro atoms. The van der Waals surface area contributed by atoms with Gasteiger partial charge in [-0.3, -0.25) is 0 Å². The van der Waals surface area contributed by atoms with Gasteiger partial charge in [0.05, 0.1) is 19.7 Å². The molecule has 0 saturated carbocycles. The molecule has 1 rings (SSSR count). The number of carbonyl (C=O) groups excluding carboxylic acids is 1. The van der Waals surface area contributed by atoms with Crippen LogP contribution >= 0.6 is 0 Å². The first kappa shape index (κ1) is 10.4. The molecule has 0 unspecified atom stereocenters. The molecule has 0 saturated heterocycles. The van der Waals surface area contributed by atoms with E-state index in [2.05, 4.69) is 0 Å². The van der Waals surface area contributed by atoms with Gasteiger partial charge in [-0.05, 0) is 25.1 Å². The quantitative estimate of drug-likeness (QED) is 0.700. The summed E-state index contributed by atoms with van der Waals surface area (Å²) in [6.45, 7) is 2.19. The van der Waals surface area contributed by atoms with Gasteiger partial charge in [-0.15, -0.1) is 0 Å². The van der Waals surface area contributed by atoms with Crippen LogP contribution in [0, 0.1) is 0 Å². The molecular weight excluding hydrogens is 184 g/mol. The molecule has 4 nitrogen and oxygen atoms in total. The fourth-order valence-corrected chi connectivity index (χ4v) is 1.08. The van der Waals surface area contributed by atoms with E-state index >= 15 is 0 Å². The Morgan fingerprint density at radius 2 is 2.21 bits per heavy atom. The lowest BCUT2D eigenvalue weighted by Gasteiger charge is -2.11. The largest absolute Gasteiger partial charge is 0.545 e. The SMILES string of the molecule is CCOc1ccc(OC)cc1C(=O)[O-]. The maximum absolute atomic E-state index is 10.7. The summed E-state index contributed by atoms with van der Waals surface area (Å²) in [5.74, 6) is -0.506. The molecule has 0 aromatic heterocycles. The van der Waals surface area contributed by atoms with Crippen LogP contribution in [0.25, 0.3) is 0 Å². The van der Waals surface area contributed by atoms with Crippen molar-refractivity contribution in [3.8, 4) is 11.5 Å². The van der Waals surface area contributed by atoms with E-state index in [-0.39, 0.29) is 5.56 Å². The third-order valence-electron chi connectivity index (χ3n) is 1.71. The van der Waals surface area contributed by atoms with Crippen molar-refractivity contribution in [2.45, 2.75) is 6.92 Å². The number of carboxylic acids is 1. The van der Waals surface area contributed by atoms with E-state index in [1.165, 1.54) is 13.2 Å². The number of carboxylic acid groups (broad SMARTS) is 1. The molecule has 76 valence electrons. The van der Waals surface area contributed by atoms with E-state index in [0.717, 1.165) is 0 Å². The number of methoxy groups -OCH3 is 1. The molecule has 0 aliphatic rings. The zero-order chi connectivity index (χ0) is 10.6. The molecule has 4 heteroatoms. The number of benzene rings is 1. The molecule has 0 amide bonds. The predicted molar refractivity (Wildman–Crippen MR) is 48.5 cm³/mol. The first-order chi connectivity index (χ1) is 6.69. The second kappa shape index (κ2) is 4.50. The third kappa shape index (κ3) is 2.16. The first-order valence-electron chi connectivity index (χ1n) is 4.21. The molecule has 0 fully saturated rings. The lowest BCUT2D eigenvalue weighted by atomic mass is 10.2. The van der Waals surface area contributed by atoms with Gasteiger partial charge in [-0.1, -0.05) is 0 Å². The van der Waals surface area contributed by atoms with Gasteiger partial charge < -0.3 is 19.4 Å². The Morgan fingerprint density at radius 3 is 2.71 bits per heavy atom. The first-order valence-corrected chi connectivity index (χ1v) is 4.21. The van der Waals surface area contributed by atoms with Crippen LogP contribution in [0.1, 0.15) is 17.3 Å². The minimum Gasteiger partial charge on any atom is -0.545 e.